The molecule has 0 heterocycles. The normalized spacial score (nSPS) is 10.8. The summed E-state index contributed by atoms with van der Waals surface area (Å²) >= 11 is 0. The largest absolute Gasteiger partial charge is 0.466 e. The number of carbonyl (C=O) groups is 5. The third-order valence-electron chi connectivity index (χ3n) is 9.39. The number of nitro benzene ring substituents is 2. The van der Waals surface area contributed by atoms with E-state index < -0.39 is 51.1 Å². The SMILES string of the molecule is CCCc1ccc(C(=O)Oc2ccc(OC(=O)c3ccc(C=CC(=O)OC)cc3)cc2C(=O)OCCCCCCCCCCCOC(=O)c2cc([N+](=O)[O-])cc([N+](=O)[O-])c2)cc1. The second-order valence-corrected chi connectivity index (χ2v) is 14.1. The van der Waals surface area contributed by atoms with Gasteiger partial charge in [-0.05, 0) is 78.9 Å². The third kappa shape index (κ3) is 15.4. The molecule has 0 atom stereocenters. The quantitative estimate of drug-likeness (QED) is 0.0122. The van der Waals surface area contributed by atoms with Gasteiger partial charge in [-0.25, -0.2) is 24.0 Å². The molecule has 0 spiro atoms. The van der Waals surface area contributed by atoms with Gasteiger partial charge in [-0.15, -0.1) is 0 Å². The van der Waals surface area contributed by atoms with Crippen molar-refractivity contribution in [1.29, 1.82) is 0 Å². The van der Waals surface area contributed by atoms with Crippen LogP contribution in [0.3, 0.4) is 0 Å². The van der Waals surface area contributed by atoms with Gasteiger partial charge in [-0.2, -0.15) is 0 Å². The van der Waals surface area contributed by atoms with E-state index in [2.05, 4.69) is 11.7 Å². The third-order valence-corrected chi connectivity index (χ3v) is 9.39. The fourth-order valence-corrected chi connectivity index (χ4v) is 6.06. The van der Waals surface area contributed by atoms with Gasteiger partial charge in [0.2, 0.25) is 0 Å². The molecule has 0 radical (unpaired) electrons. The molecule has 0 aromatic heterocycles. The van der Waals surface area contributed by atoms with Gasteiger partial charge in [0, 0.05) is 18.2 Å². The standard InChI is InChI=1S/C46H48N2O14/c1-3-13-32-14-19-35(20-15-32)45(52)62-41-24-23-39(61-44(51)34-21-16-33(17-22-34)18-25-42(49)58-2)31-40(41)46(53)60-27-12-10-8-6-4-5-7-9-11-26-59-43(50)36-28-37(47(54)55)30-38(29-36)48(56)57/h14-25,28-31H,3-13,26-27H2,1-2H3. The number of nitrogens with zero attached hydrogens (tertiary/aromatic N) is 2. The van der Waals surface area contributed by atoms with Gasteiger partial charge in [-0.3, -0.25) is 20.2 Å². The smallest absolute Gasteiger partial charge is 0.343 e. The van der Waals surface area contributed by atoms with Crippen LogP contribution in [0.15, 0.2) is 91.0 Å². The fraction of sp³-hybridized carbons (Fsp3) is 0.326. The average molecular weight is 853 g/mol. The van der Waals surface area contributed by atoms with Gasteiger partial charge >= 0.3 is 29.8 Å². The van der Waals surface area contributed by atoms with Crippen LogP contribution >= 0.6 is 0 Å². The number of aryl methyl sites for hydroxylation is 1. The number of esters is 5. The van der Waals surface area contributed by atoms with Gasteiger partial charge in [0.25, 0.3) is 11.4 Å². The minimum atomic E-state index is -0.864. The van der Waals surface area contributed by atoms with Crippen molar-refractivity contribution in [2.24, 2.45) is 0 Å². The summed E-state index contributed by atoms with van der Waals surface area (Å²) in [5, 5.41) is 22.1. The molecule has 0 unspecified atom stereocenters. The molecule has 16 heteroatoms. The van der Waals surface area contributed by atoms with Crippen molar-refractivity contribution in [2.45, 2.75) is 77.6 Å². The second kappa shape index (κ2) is 24.8. The lowest BCUT2D eigenvalue weighted by Crippen LogP contribution is -2.14. The van der Waals surface area contributed by atoms with Crippen molar-refractivity contribution in [3.63, 3.8) is 0 Å². The fourth-order valence-electron chi connectivity index (χ4n) is 6.06. The number of carbonyl (C=O) groups excluding carboxylic acids is 5. The molecular formula is C46H48N2O14. The maximum atomic E-state index is 13.4. The van der Waals surface area contributed by atoms with Gasteiger partial charge in [0.15, 0.2) is 0 Å². The lowest BCUT2D eigenvalue weighted by Gasteiger charge is -2.13. The summed E-state index contributed by atoms with van der Waals surface area (Å²) in [6.07, 6.45) is 12.0. The number of non-ortho nitro benzene ring substituents is 2. The van der Waals surface area contributed by atoms with E-state index in [0.717, 1.165) is 81.5 Å². The van der Waals surface area contributed by atoms with Crippen molar-refractivity contribution < 1.29 is 57.5 Å². The molecule has 0 aliphatic rings. The van der Waals surface area contributed by atoms with Crippen LogP contribution < -0.4 is 9.47 Å². The number of hydrogen-bond donors (Lipinski definition) is 0. The molecule has 0 saturated carbocycles. The van der Waals surface area contributed by atoms with Gasteiger partial charge in [-0.1, -0.05) is 82.6 Å². The predicted octanol–water partition coefficient (Wildman–Crippen LogP) is 9.60. The van der Waals surface area contributed by atoms with E-state index in [1.807, 2.05) is 12.1 Å². The molecule has 0 N–H and O–H groups in total. The molecule has 0 saturated heterocycles. The van der Waals surface area contributed by atoms with Crippen molar-refractivity contribution in [1.82, 2.24) is 0 Å². The highest BCUT2D eigenvalue weighted by molar-refractivity contribution is 5.97. The number of unbranched alkanes of at least 4 members (excludes halogenated alkanes) is 8. The molecule has 0 amide bonds. The van der Waals surface area contributed by atoms with Crippen LogP contribution in [-0.4, -0.2) is 60.0 Å². The molecule has 16 nitrogen and oxygen atoms in total. The van der Waals surface area contributed by atoms with E-state index in [-0.39, 0.29) is 41.4 Å². The van der Waals surface area contributed by atoms with E-state index >= 15 is 0 Å². The van der Waals surface area contributed by atoms with E-state index in [1.54, 1.807) is 24.3 Å². The molecular weight excluding hydrogens is 805 g/mol. The lowest BCUT2D eigenvalue weighted by atomic mass is 10.1. The van der Waals surface area contributed by atoms with Crippen molar-refractivity contribution >= 4 is 47.3 Å². The summed E-state index contributed by atoms with van der Waals surface area (Å²) in [4.78, 5) is 83.7. The number of methoxy groups -OCH3 is 1. The molecule has 0 bridgehead atoms. The Balaban J connectivity index is 1.22. The second-order valence-electron chi connectivity index (χ2n) is 14.1. The van der Waals surface area contributed by atoms with Crippen molar-refractivity contribution in [2.75, 3.05) is 20.3 Å². The van der Waals surface area contributed by atoms with Crippen LogP contribution in [0.25, 0.3) is 6.08 Å². The number of rotatable bonds is 24. The summed E-state index contributed by atoms with van der Waals surface area (Å²) in [6.45, 7) is 2.24. The highest BCUT2D eigenvalue weighted by atomic mass is 16.6. The highest BCUT2D eigenvalue weighted by Crippen LogP contribution is 2.28. The van der Waals surface area contributed by atoms with E-state index in [0.29, 0.717) is 24.0 Å². The van der Waals surface area contributed by atoms with Gasteiger partial charge < -0.3 is 23.7 Å². The molecule has 4 aromatic carbocycles. The monoisotopic (exact) mass is 852 g/mol. The summed E-state index contributed by atoms with van der Waals surface area (Å²) < 4.78 is 26.5. The summed E-state index contributed by atoms with van der Waals surface area (Å²) in [5.74, 6) is -3.57. The van der Waals surface area contributed by atoms with Crippen LogP contribution in [0.4, 0.5) is 11.4 Å². The zero-order chi connectivity index (χ0) is 44.9. The molecule has 4 rings (SSSR count). The van der Waals surface area contributed by atoms with Crippen molar-refractivity contribution in [3.8, 4) is 11.5 Å². The number of ether oxygens (including phenoxy) is 5. The Morgan fingerprint density at radius 3 is 1.63 bits per heavy atom. The molecule has 0 aliphatic carbocycles. The molecule has 4 aromatic rings. The Hall–Kier alpha value is -7.23. The summed E-state index contributed by atoms with van der Waals surface area (Å²) in [6, 6.07) is 20.0. The van der Waals surface area contributed by atoms with Gasteiger partial charge in [0.1, 0.15) is 17.1 Å². The molecule has 62 heavy (non-hydrogen) atoms. The Bertz CT molecular complexity index is 2200. The summed E-state index contributed by atoms with van der Waals surface area (Å²) in [5.41, 5.74) is 0.743. The first-order valence-electron chi connectivity index (χ1n) is 20.2. The minimum Gasteiger partial charge on any atom is -0.466 e. The van der Waals surface area contributed by atoms with Crippen LogP contribution in [-0.2, 0) is 25.4 Å². The Morgan fingerprint density at radius 1 is 0.581 bits per heavy atom. The van der Waals surface area contributed by atoms with Crippen LogP contribution in [0.2, 0.25) is 0 Å². The average Bonchev–Trinajstić information content (AvgIpc) is 3.27. The number of hydrogen-bond acceptors (Lipinski definition) is 14. The summed E-state index contributed by atoms with van der Waals surface area (Å²) in [7, 11) is 1.27. The molecule has 326 valence electrons. The maximum Gasteiger partial charge on any atom is 0.343 e. The highest BCUT2D eigenvalue weighted by Gasteiger charge is 2.22. The van der Waals surface area contributed by atoms with Crippen LogP contribution in [0.1, 0.15) is 124 Å². The number of benzene rings is 4. The Kier molecular flexibility index (Phi) is 18.9. The predicted molar refractivity (Wildman–Crippen MR) is 226 cm³/mol. The molecule has 0 aliphatic heterocycles. The molecule has 0 fully saturated rings. The van der Waals surface area contributed by atoms with Crippen LogP contribution in [0, 0.1) is 20.2 Å². The topological polar surface area (TPSA) is 218 Å². The van der Waals surface area contributed by atoms with E-state index in [1.165, 1.54) is 49.6 Å². The van der Waals surface area contributed by atoms with E-state index in [9.17, 15) is 44.2 Å². The zero-order valence-corrected chi connectivity index (χ0v) is 34.5. The number of nitro groups is 2. The minimum absolute atomic E-state index is 0.0233. The van der Waals surface area contributed by atoms with Crippen molar-refractivity contribution in [3.05, 3.63) is 145 Å². The Labute approximate surface area is 358 Å². The maximum absolute atomic E-state index is 13.4. The first-order chi connectivity index (χ1) is 29.9. The lowest BCUT2D eigenvalue weighted by molar-refractivity contribution is -0.394. The van der Waals surface area contributed by atoms with Gasteiger partial charge in [0.05, 0.1) is 52.9 Å². The van der Waals surface area contributed by atoms with E-state index in [4.69, 9.17) is 18.9 Å². The first-order valence-corrected chi connectivity index (χ1v) is 20.2. The Morgan fingerprint density at radius 2 is 1.10 bits per heavy atom. The van der Waals surface area contributed by atoms with Crippen LogP contribution in [0.5, 0.6) is 11.5 Å². The zero-order valence-electron chi connectivity index (χ0n) is 34.5. The first kappa shape index (κ1) is 47.4.